The highest BCUT2D eigenvalue weighted by Crippen LogP contribution is 2.35. The Hall–Kier alpha value is -3.60. The first-order chi connectivity index (χ1) is 15.3. The van der Waals surface area contributed by atoms with E-state index in [-0.39, 0.29) is 32.0 Å². The molecule has 0 bridgehead atoms. The average molecular weight is 473 g/mol. The topological polar surface area (TPSA) is 77.1 Å². The van der Waals surface area contributed by atoms with E-state index in [1.807, 2.05) is 13.0 Å². The number of anilines is 1. The third kappa shape index (κ3) is 3.99. The number of aromatic nitrogens is 4. The van der Waals surface area contributed by atoms with Gasteiger partial charge in [-0.25, -0.2) is 0 Å². The zero-order valence-electron chi connectivity index (χ0n) is 17.2. The largest absolute Gasteiger partial charge is 0.416 e. The molecule has 0 saturated heterocycles. The van der Waals surface area contributed by atoms with E-state index >= 15 is 0 Å². The van der Waals surface area contributed by atoms with Crippen LogP contribution in [0.5, 0.6) is 0 Å². The molecular weight excluding hydrogens is 455 g/mol. The van der Waals surface area contributed by atoms with Gasteiger partial charge in [-0.2, -0.15) is 31.8 Å². The minimum Gasteiger partial charge on any atom is -0.354 e. The second kappa shape index (κ2) is 8.39. The predicted molar refractivity (Wildman–Crippen MR) is 119 cm³/mol. The van der Waals surface area contributed by atoms with Crippen molar-refractivity contribution in [1.82, 2.24) is 19.9 Å². The maximum Gasteiger partial charge on any atom is 0.416 e. The Bertz CT molecular complexity index is 1290. The summed E-state index contributed by atoms with van der Waals surface area (Å²) >= 11 is 0. The summed E-state index contributed by atoms with van der Waals surface area (Å²) in [4.78, 5) is 19.0. The maximum absolute atomic E-state index is 13.3. The monoisotopic (exact) mass is 473 g/mol. The SMILES string of the molecule is C[C@H]1CN(c2ccc(C(F)(F)F)cc2)C(=O)c2c(-c3cc(-c4ccccn4)on3)cnn21.S. The van der Waals surface area contributed by atoms with Crippen molar-refractivity contribution in [1.29, 1.82) is 0 Å². The van der Waals surface area contributed by atoms with Gasteiger partial charge in [0.15, 0.2) is 5.76 Å². The summed E-state index contributed by atoms with van der Waals surface area (Å²) in [7, 11) is 0. The summed E-state index contributed by atoms with van der Waals surface area (Å²) in [5, 5.41) is 8.42. The molecule has 170 valence electrons. The number of hydrogen-bond donors (Lipinski definition) is 0. The highest BCUT2D eigenvalue weighted by Gasteiger charge is 2.35. The standard InChI is InChI=1S/C22H16F3N5O2.H2S/c1-13-12-29(15-7-5-14(6-8-15)22(23,24)25)21(31)20-16(11-27-30(13)20)18-10-19(32-28-18)17-4-2-3-9-26-17;/h2-11,13H,12H2,1H3;1H2/t13-;/m0./s1. The van der Waals surface area contributed by atoms with E-state index in [1.165, 1.54) is 17.0 Å². The first kappa shape index (κ1) is 22.6. The van der Waals surface area contributed by atoms with Gasteiger partial charge in [0.05, 0.1) is 23.4 Å². The summed E-state index contributed by atoms with van der Waals surface area (Å²) < 4.78 is 45.7. The Morgan fingerprint density at radius 2 is 1.85 bits per heavy atom. The van der Waals surface area contributed by atoms with Crippen LogP contribution in [0.4, 0.5) is 18.9 Å². The molecule has 7 nitrogen and oxygen atoms in total. The fourth-order valence-corrected chi connectivity index (χ4v) is 3.73. The first-order valence-corrected chi connectivity index (χ1v) is 9.78. The highest BCUT2D eigenvalue weighted by atomic mass is 32.1. The number of carbonyl (C=O) groups excluding carboxylic acids is 1. The normalized spacial score (nSPS) is 15.8. The van der Waals surface area contributed by atoms with Crippen LogP contribution >= 0.6 is 13.5 Å². The van der Waals surface area contributed by atoms with Gasteiger partial charge in [-0.3, -0.25) is 14.5 Å². The van der Waals surface area contributed by atoms with E-state index in [1.54, 1.807) is 35.3 Å². The summed E-state index contributed by atoms with van der Waals surface area (Å²) in [6, 6.07) is 11.4. The Labute approximate surface area is 193 Å². The summed E-state index contributed by atoms with van der Waals surface area (Å²) in [5.41, 5.74) is 1.39. The van der Waals surface area contributed by atoms with Crippen molar-refractivity contribution in [3.05, 3.63) is 72.2 Å². The Kier molecular flexibility index (Phi) is 5.75. The molecule has 11 heteroatoms. The molecule has 0 spiro atoms. The van der Waals surface area contributed by atoms with E-state index in [0.29, 0.717) is 34.1 Å². The molecule has 33 heavy (non-hydrogen) atoms. The fourth-order valence-electron chi connectivity index (χ4n) is 3.73. The minimum atomic E-state index is -4.44. The number of pyridine rings is 1. The number of halogens is 3. The smallest absolute Gasteiger partial charge is 0.354 e. The van der Waals surface area contributed by atoms with Crippen molar-refractivity contribution >= 4 is 25.1 Å². The third-order valence-corrected chi connectivity index (χ3v) is 5.32. The molecule has 0 N–H and O–H groups in total. The predicted octanol–water partition coefficient (Wildman–Crippen LogP) is 4.95. The lowest BCUT2D eigenvalue weighted by Gasteiger charge is -2.32. The van der Waals surface area contributed by atoms with Crippen LogP contribution in [0.2, 0.25) is 0 Å². The second-order valence-electron chi connectivity index (χ2n) is 7.45. The zero-order chi connectivity index (χ0) is 22.5. The van der Waals surface area contributed by atoms with Gasteiger partial charge < -0.3 is 9.42 Å². The molecule has 3 aromatic heterocycles. The van der Waals surface area contributed by atoms with Crippen molar-refractivity contribution < 1.29 is 22.5 Å². The van der Waals surface area contributed by atoms with Crippen LogP contribution < -0.4 is 4.90 Å². The van der Waals surface area contributed by atoms with Gasteiger partial charge in [0.2, 0.25) is 0 Å². The van der Waals surface area contributed by atoms with E-state index in [4.69, 9.17) is 4.52 Å². The van der Waals surface area contributed by atoms with Crippen LogP contribution in [0.25, 0.3) is 22.7 Å². The lowest BCUT2D eigenvalue weighted by molar-refractivity contribution is -0.137. The molecule has 0 aliphatic carbocycles. The van der Waals surface area contributed by atoms with Crippen LogP contribution in [0.15, 0.2) is 65.4 Å². The molecule has 1 aromatic carbocycles. The van der Waals surface area contributed by atoms with Gasteiger partial charge in [-0.05, 0) is 43.3 Å². The van der Waals surface area contributed by atoms with Crippen LogP contribution in [0, 0.1) is 0 Å². The zero-order valence-corrected chi connectivity index (χ0v) is 18.2. The molecule has 1 aliphatic heterocycles. The molecule has 0 fully saturated rings. The number of carbonyl (C=O) groups is 1. The Balaban J connectivity index is 0.00000259. The Morgan fingerprint density at radius 3 is 2.52 bits per heavy atom. The molecule has 1 aliphatic rings. The molecule has 1 amide bonds. The number of alkyl halides is 3. The van der Waals surface area contributed by atoms with E-state index in [0.717, 1.165) is 12.1 Å². The second-order valence-corrected chi connectivity index (χ2v) is 7.45. The number of nitrogens with zero attached hydrogens (tertiary/aromatic N) is 5. The van der Waals surface area contributed by atoms with Crippen molar-refractivity contribution in [3.63, 3.8) is 0 Å². The summed E-state index contributed by atoms with van der Waals surface area (Å²) in [6.07, 6.45) is -1.27. The molecule has 5 rings (SSSR count). The van der Waals surface area contributed by atoms with Crippen LogP contribution in [0.1, 0.15) is 29.0 Å². The van der Waals surface area contributed by atoms with Gasteiger partial charge in [0.25, 0.3) is 5.91 Å². The average Bonchev–Trinajstić information content (AvgIpc) is 3.44. The number of rotatable bonds is 3. The summed E-state index contributed by atoms with van der Waals surface area (Å²) in [5.74, 6) is 0.0641. The Morgan fingerprint density at radius 1 is 1.09 bits per heavy atom. The van der Waals surface area contributed by atoms with E-state index in [2.05, 4.69) is 15.2 Å². The van der Waals surface area contributed by atoms with Crippen molar-refractivity contribution in [2.75, 3.05) is 11.4 Å². The molecule has 1 atom stereocenters. The fraction of sp³-hybridized carbons (Fsp3) is 0.182. The van der Waals surface area contributed by atoms with E-state index in [9.17, 15) is 18.0 Å². The van der Waals surface area contributed by atoms with E-state index < -0.39 is 11.7 Å². The lowest BCUT2D eigenvalue weighted by atomic mass is 10.1. The van der Waals surface area contributed by atoms with Gasteiger partial charge in [0, 0.05) is 24.5 Å². The molecule has 0 radical (unpaired) electrons. The number of hydrogen-bond acceptors (Lipinski definition) is 5. The summed E-state index contributed by atoms with van der Waals surface area (Å²) in [6.45, 7) is 2.15. The van der Waals surface area contributed by atoms with Crippen molar-refractivity contribution in [3.8, 4) is 22.7 Å². The molecule has 4 aromatic rings. The molecule has 4 heterocycles. The van der Waals surface area contributed by atoms with Crippen LogP contribution in [0.3, 0.4) is 0 Å². The minimum absolute atomic E-state index is 0. The first-order valence-electron chi connectivity index (χ1n) is 9.78. The third-order valence-electron chi connectivity index (χ3n) is 5.32. The van der Waals surface area contributed by atoms with Gasteiger partial charge in [0.1, 0.15) is 17.1 Å². The van der Waals surface area contributed by atoms with Crippen molar-refractivity contribution in [2.45, 2.75) is 19.1 Å². The quantitative estimate of drug-likeness (QED) is 0.421. The van der Waals surface area contributed by atoms with Gasteiger partial charge >= 0.3 is 6.18 Å². The van der Waals surface area contributed by atoms with Gasteiger partial charge in [-0.15, -0.1) is 0 Å². The van der Waals surface area contributed by atoms with Crippen molar-refractivity contribution in [2.24, 2.45) is 0 Å². The van der Waals surface area contributed by atoms with Gasteiger partial charge in [-0.1, -0.05) is 11.2 Å². The number of amides is 1. The highest BCUT2D eigenvalue weighted by molar-refractivity contribution is 7.59. The number of fused-ring (bicyclic) bond motifs is 1. The molecule has 0 unspecified atom stereocenters. The maximum atomic E-state index is 13.3. The number of benzene rings is 1. The molecular formula is C22H18F3N5O2S. The van der Waals surface area contributed by atoms with Crippen LogP contribution in [-0.4, -0.2) is 32.4 Å². The molecule has 0 saturated carbocycles. The lowest BCUT2D eigenvalue weighted by Crippen LogP contribution is -2.42. The van der Waals surface area contributed by atoms with Crippen LogP contribution in [-0.2, 0) is 6.18 Å².